The van der Waals surface area contributed by atoms with E-state index in [1.807, 2.05) is 39.8 Å². The highest BCUT2D eigenvalue weighted by molar-refractivity contribution is 9.10. The lowest BCUT2D eigenvalue weighted by Crippen LogP contribution is -2.25. The normalized spacial score (nSPS) is 10.9. The zero-order chi connectivity index (χ0) is 20.0. The third kappa shape index (κ3) is 5.47. The Morgan fingerprint density at radius 1 is 1.22 bits per heavy atom. The van der Waals surface area contributed by atoms with Gasteiger partial charge in [-0.25, -0.2) is 5.43 Å². The first-order chi connectivity index (χ1) is 12.8. The van der Waals surface area contributed by atoms with Crippen molar-refractivity contribution >= 4 is 28.1 Å². The van der Waals surface area contributed by atoms with E-state index in [4.69, 9.17) is 9.47 Å². The van der Waals surface area contributed by atoms with Gasteiger partial charge in [-0.2, -0.15) is 5.10 Å². The summed E-state index contributed by atoms with van der Waals surface area (Å²) >= 11 is 3.26. The number of nitrogens with zero attached hydrogens (tertiary/aromatic N) is 1. The molecule has 0 aliphatic heterocycles. The number of hydrogen-bond donors (Lipinski definition) is 2. The highest BCUT2D eigenvalue weighted by Crippen LogP contribution is 2.35. The Balaban J connectivity index is 1.97. The minimum atomic E-state index is -0.366. The highest BCUT2D eigenvalue weighted by Gasteiger charge is 2.10. The van der Waals surface area contributed by atoms with E-state index in [1.165, 1.54) is 6.21 Å². The van der Waals surface area contributed by atoms with Crippen molar-refractivity contribution in [1.82, 2.24) is 5.43 Å². The van der Waals surface area contributed by atoms with Gasteiger partial charge in [-0.1, -0.05) is 12.1 Å². The van der Waals surface area contributed by atoms with Crippen molar-refractivity contribution < 1.29 is 19.4 Å². The SMILES string of the molecule is CCOc1cc(/C=N/NC(=O)COc2c(C)ccc(C)c2C)cc(Br)c1O. The fourth-order valence-corrected chi connectivity index (χ4v) is 2.89. The summed E-state index contributed by atoms with van der Waals surface area (Å²) < 4.78 is 11.5. The molecule has 27 heavy (non-hydrogen) atoms. The minimum Gasteiger partial charge on any atom is -0.503 e. The summed E-state index contributed by atoms with van der Waals surface area (Å²) in [5.41, 5.74) is 6.19. The Hall–Kier alpha value is -2.54. The second-order valence-electron chi connectivity index (χ2n) is 6.02. The van der Waals surface area contributed by atoms with E-state index >= 15 is 0 Å². The summed E-state index contributed by atoms with van der Waals surface area (Å²) in [7, 11) is 0. The third-order valence-electron chi connectivity index (χ3n) is 3.97. The third-order valence-corrected chi connectivity index (χ3v) is 4.58. The van der Waals surface area contributed by atoms with E-state index in [0.29, 0.717) is 22.4 Å². The molecule has 0 aromatic heterocycles. The topological polar surface area (TPSA) is 80.2 Å². The van der Waals surface area contributed by atoms with Crippen molar-refractivity contribution in [3.63, 3.8) is 0 Å². The lowest BCUT2D eigenvalue weighted by Gasteiger charge is -2.13. The highest BCUT2D eigenvalue weighted by atomic mass is 79.9. The van der Waals surface area contributed by atoms with Crippen molar-refractivity contribution in [1.29, 1.82) is 0 Å². The van der Waals surface area contributed by atoms with Gasteiger partial charge in [-0.15, -0.1) is 0 Å². The van der Waals surface area contributed by atoms with E-state index in [-0.39, 0.29) is 18.3 Å². The van der Waals surface area contributed by atoms with Crippen LogP contribution in [0.25, 0.3) is 0 Å². The van der Waals surface area contributed by atoms with Crippen LogP contribution < -0.4 is 14.9 Å². The molecular formula is C20H23BrN2O4. The summed E-state index contributed by atoms with van der Waals surface area (Å²) in [6.07, 6.45) is 1.47. The molecule has 2 aromatic rings. The summed E-state index contributed by atoms with van der Waals surface area (Å²) in [6, 6.07) is 7.29. The maximum atomic E-state index is 12.0. The number of aromatic hydroxyl groups is 1. The average molecular weight is 435 g/mol. The van der Waals surface area contributed by atoms with Crippen molar-refractivity contribution in [2.24, 2.45) is 5.10 Å². The first-order valence-electron chi connectivity index (χ1n) is 8.50. The van der Waals surface area contributed by atoms with Crippen LogP contribution in [0.15, 0.2) is 33.8 Å². The Kier molecular flexibility index (Phi) is 7.24. The van der Waals surface area contributed by atoms with Gasteiger partial charge >= 0.3 is 0 Å². The quantitative estimate of drug-likeness (QED) is 0.509. The summed E-state index contributed by atoms with van der Waals surface area (Å²) in [4.78, 5) is 12.0. The number of carbonyl (C=O) groups excluding carboxylic acids is 1. The molecule has 0 fully saturated rings. The Labute approximate surface area is 167 Å². The number of halogens is 1. The van der Waals surface area contributed by atoms with Gasteiger partial charge in [-0.3, -0.25) is 4.79 Å². The predicted molar refractivity (Wildman–Crippen MR) is 109 cm³/mol. The van der Waals surface area contributed by atoms with Crippen LogP contribution in [0.4, 0.5) is 0 Å². The van der Waals surface area contributed by atoms with Gasteiger partial charge in [0.1, 0.15) is 5.75 Å². The molecular weight excluding hydrogens is 412 g/mol. The second kappa shape index (κ2) is 9.41. The zero-order valence-electron chi connectivity index (χ0n) is 15.8. The van der Waals surface area contributed by atoms with E-state index in [2.05, 4.69) is 26.5 Å². The van der Waals surface area contributed by atoms with Gasteiger partial charge < -0.3 is 14.6 Å². The molecule has 2 aromatic carbocycles. The monoisotopic (exact) mass is 434 g/mol. The number of nitrogens with one attached hydrogen (secondary N) is 1. The molecule has 144 valence electrons. The van der Waals surface area contributed by atoms with Crippen molar-refractivity contribution in [3.05, 3.63) is 51.0 Å². The Morgan fingerprint density at radius 3 is 2.63 bits per heavy atom. The molecule has 0 aliphatic carbocycles. The molecule has 7 heteroatoms. The molecule has 0 heterocycles. The molecule has 0 unspecified atom stereocenters. The number of amides is 1. The molecule has 0 spiro atoms. The van der Waals surface area contributed by atoms with E-state index in [9.17, 15) is 9.90 Å². The number of aryl methyl sites for hydroxylation is 2. The van der Waals surface area contributed by atoms with Crippen LogP contribution in [-0.2, 0) is 4.79 Å². The van der Waals surface area contributed by atoms with Crippen molar-refractivity contribution in [2.75, 3.05) is 13.2 Å². The molecule has 6 nitrogen and oxygen atoms in total. The lowest BCUT2D eigenvalue weighted by molar-refractivity contribution is -0.123. The number of rotatable bonds is 7. The van der Waals surface area contributed by atoms with E-state index in [0.717, 1.165) is 22.4 Å². The molecule has 0 bridgehead atoms. The van der Waals surface area contributed by atoms with Crippen LogP contribution in [-0.4, -0.2) is 30.4 Å². The Bertz CT molecular complexity index is 866. The van der Waals surface area contributed by atoms with E-state index < -0.39 is 0 Å². The lowest BCUT2D eigenvalue weighted by atomic mass is 10.1. The van der Waals surface area contributed by atoms with Crippen molar-refractivity contribution in [3.8, 4) is 17.2 Å². The molecule has 2 rings (SSSR count). The van der Waals surface area contributed by atoms with Crippen LogP contribution in [0.3, 0.4) is 0 Å². The molecule has 0 saturated heterocycles. The van der Waals surface area contributed by atoms with Gasteiger partial charge in [0.25, 0.3) is 5.91 Å². The van der Waals surface area contributed by atoms with Crippen LogP contribution in [0.2, 0.25) is 0 Å². The number of hydrazone groups is 1. The average Bonchev–Trinajstić information content (AvgIpc) is 2.62. The Morgan fingerprint density at radius 2 is 1.93 bits per heavy atom. The van der Waals surface area contributed by atoms with Gasteiger partial charge in [-0.05, 0) is 78.0 Å². The maximum Gasteiger partial charge on any atom is 0.277 e. The number of benzene rings is 2. The largest absolute Gasteiger partial charge is 0.503 e. The molecule has 2 N–H and O–H groups in total. The van der Waals surface area contributed by atoms with Gasteiger partial charge in [0.15, 0.2) is 18.1 Å². The van der Waals surface area contributed by atoms with Crippen LogP contribution >= 0.6 is 15.9 Å². The second-order valence-corrected chi connectivity index (χ2v) is 6.87. The molecule has 0 atom stereocenters. The number of carbonyl (C=O) groups is 1. The van der Waals surface area contributed by atoms with Crippen molar-refractivity contribution in [2.45, 2.75) is 27.7 Å². The summed E-state index contributed by atoms with van der Waals surface area (Å²) in [5, 5.41) is 13.8. The van der Waals surface area contributed by atoms with E-state index in [1.54, 1.807) is 12.1 Å². The first-order valence-corrected chi connectivity index (χ1v) is 9.29. The number of phenols is 1. The summed E-state index contributed by atoms with van der Waals surface area (Å²) in [6.45, 7) is 8.02. The van der Waals surface area contributed by atoms with Crippen LogP contribution in [0.5, 0.6) is 17.2 Å². The zero-order valence-corrected chi connectivity index (χ0v) is 17.4. The van der Waals surface area contributed by atoms with Gasteiger partial charge in [0, 0.05) is 0 Å². The molecule has 0 radical (unpaired) electrons. The number of phenolic OH excluding ortho intramolecular Hbond substituents is 1. The maximum absolute atomic E-state index is 12.0. The smallest absolute Gasteiger partial charge is 0.277 e. The fraction of sp³-hybridized carbons (Fsp3) is 0.300. The number of ether oxygens (including phenoxy) is 2. The predicted octanol–water partition coefficient (Wildman–Crippen LogP) is 4.01. The van der Waals surface area contributed by atoms with Gasteiger partial charge in [0.2, 0.25) is 0 Å². The minimum absolute atomic E-state index is 0.0235. The van der Waals surface area contributed by atoms with Crippen LogP contribution in [0.1, 0.15) is 29.2 Å². The van der Waals surface area contributed by atoms with Crippen LogP contribution in [0, 0.1) is 20.8 Å². The number of hydrogen-bond acceptors (Lipinski definition) is 5. The fourth-order valence-electron chi connectivity index (χ4n) is 2.43. The molecule has 1 amide bonds. The van der Waals surface area contributed by atoms with Gasteiger partial charge in [0.05, 0.1) is 17.3 Å². The standard InChI is InChI=1S/C20H23BrN2O4/c1-5-26-17-9-15(8-16(21)19(17)25)10-22-23-18(24)11-27-20-13(3)7-6-12(2)14(20)4/h6-10,25H,5,11H2,1-4H3,(H,23,24)/b22-10+. The first kappa shape index (κ1) is 20.8. The summed E-state index contributed by atoms with van der Waals surface area (Å²) in [5.74, 6) is 0.719. The molecule has 0 saturated carbocycles. The molecule has 0 aliphatic rings.